The van der Waals surface area contributed by atoms with Crippen molar-refractivity contribution in [3.8, 4) is 28.1 Å². The first-order valence-corrected chi connectivity index (χ1v) is 11.0. The second-order valence-corrected chi connectivity index (χ2v) is 10.1. The van der Waals surface area contributed by atoms with E-state index in [9.17, 15) is 9.50 Å². The summed E-state index contributed by atoms with van der Waals surface area (Å²) in [7, 11) is 2.08. The van der Waals surface area contributed by atoms with Crippen LogP contribution in [0.3, 0.4) is 0 Å². The number of benzene rings is 1. The van der Waals surface area contributed by atoms with Crippen LogP contribution in [-0.4, -0.2) is 43.8 Å². The van der Waals surface area contributed by atoms with Gasteiger partial charge in [-0.3, -0.25) is 0 Å². The summed E-state index contributed by atoms with van der Waals surface area (Å²) in [6.07, 6.45) is 9.02. The van der Waals surface area contributed by atoms with Crippen molar-refractivity contribution >= 4 is 5.82 Å². The van der Waals surface area contributed by atoms with Gasteiger partial charge in [0.25, 0.3) is 0 Å². The molecule has 0 saturated heterocycles. The molecular weight excluding hydrogens is 407 g/mol. The van der Waals surface area contributed by atoms with E-state index in [0.29, 0.717) is 33.7 Å². The number of anilines is 1. The van der Waals surface area contributed by atoms with Gasteiger partial charge in [0.05, 0.1) is 18.1 Å². The molecule has 2 aromatic heterocycles. The lowest BCUT2D eigenvalue weighted by Gasteiger charge is -2.44. The standard InChI is InChI=1S/C24H27FN6O/c1-23-6-7-24(2,14-23)11-16(10-23)31(3)22-5-4-20(28-29-22)18-8-19(25)17(9-21(18)32)15-12-26-30-27-13-15/h4-5,8-9,12-13,16,32H,6-7,10-11,14H2,1-3H3/t16-,23-,24+. The largest absolute Gasteiger partial charge is 0.507 e. The summed E-state index contributed by atoms with van der Waals surface area (Å²) in [5, 5.41) is 30.0. The lowest BCUT2D eigenvalue weighted by atomic mass is 9.68. The highest BCUT2D eigenvalue weighted by Crippen LogP contribution is 2.58. The first kappa shape index (κ1) is 20.7. The Morgan fingerprint density at radius 1 is 1.00 bits per heavy atom. The lowest BCUT2D eigenvalue weighted by molar-refractivity contribution is 0.148. The molecule has 8 heteroatoms. The molecule has 1 N–H and O–H groups in total. The van der Waals surface area contributed by atoms with E-state index in [1.165, 1.54) is 43.8 Å². The maximum Gasteiger partial charge on any atom is 0.151 e. The van der Waals surface area contributed by atoms with Gasteiger partial charge in [-0.15, -0.1) is 20.4 Å². The zero-order valence-corrected chi connectivity index (χ0v) is 18.6. The van der Waals surface area contributed by atoms with E-state index < -0.39 is 5.82 Å². The smallest absolute Gasteiger partial charge is 0.151 e. The highest BCUT2D eigenvalue weighted by atomic mass is 19.1. The quantitative estimate of drug-likeness (QED) is 0.640. The van der Waals surface area contributed by atoms with Gasteiger partial charge in [0.15, 0.2) is 5.82 Å². The predicted octanol–water partition coefficient (Wildman–Crippen LogP) is 4.64. The van der Waals surface area contributed by atoms with E-state index in [2.05, 4.69) is 51.4 Å². The maximum absolute atomic E-state index is 14.8. The molecule has 1 aromatic carbocycles. The summed E-state index contributed by atoms with van der Waals surface area (Å²) >= 11 is 0. The molecule has 0 amide bonds. The Bertz CT molecular complexity index is 1120. The fraction of sp³-hybridized carbons (Fsp3) is 0.458. The number of phenols is 1. The predicted molar refractivity (Wildman–Crippen MR) is 119 cm³/mol. The summed E-state index contributed by atoms with van der Waals surface area (Å²) in [6, 6.07) is 6.71. The van der Waals surface area contributed by atoms with Crippen molar-refractivity contribution in [3.05, 3.63) is 42.5 Å². The van der Waals surface area contributed by atoms with Crippen molar-refractivity contribution in [2.24, 2.45) is 10.8 Å². The first-order valence-electron chi connectivity index (χ1n) is 11.0. The van der Waals surface area contributed by atoms with E-state index in [0.717, 1.165) is 18.7 Å². The Morgan fingerprint density at radius 3 is 2.31 bits per heavy atom. The molecule has 0 unspecified atom stereocenters. The minimum Gasteiger partial charge on any atom is -0.507 e. The highest BCUT2D eigenvalue weighted by Gasteiger charge is 2.50. The Hall–Kier alpha value is -3.16. The topological polar surface area (TPSA) is 87.9 Å². The van der Waals surface area contributed by atoms with Gasteiger partial charge >= 0.3 is 0 Å². The summed E-state index contributed by atoms with van der Waals surface area (Å²) in [5.74, 6) is 0.200. The highest BCUT2D eigenvalue weighted by molar-refractivity contribution is 5.74. The van der Waals surface area contributed by atoms with Gasteiger partial charge in [-0.05, 0) is 72.4 Å². The zero-order chi connectivity index (χ0) is 22.5. The molecule has 32 heavy (non-hydrogen) atoms. The lowest BCUT2D eigenvalue weighted by Crippen LogP contribution is -2.42. The van der Waals surface area contributed by atoms with Gasteiger partial charge in [-0.25, -0.2) is 4.39 Å². The number of hydrogen-bond acceptors (Lipinski definition) is 7. The van der Waals surface area contributed by atoms with E-state index in [1.54, 1.807) is 6.07 Å². The van der Waals surface area contributed by atoms with Crippen LogP contribution in [0.15, 0.2) is 36.7 Å². The second kappa shape index (κ2) is 7.46. The number of rotatable bonds is 4. The van der Waals surface area contributed by atoms with Crippen LogP contribution in [0, 0.1) is 16.6 Å². The van der Waals surface area contributed by atoms with E-state index in [4.69, 9.17) is 0 Å². The van der Waals surface area contributed by atoms with Crippen LogP contribution < -0.4 is 4.90 Å². The molecule has 2 aliphatic carbocycles. The molecule has 3 atom stereocenters. The minimum absolute atomic E-state index is 0.0849. The molecular formula is C24H27FN6O. The number of nitrogens with zero attached hydrogens (tertiary/aromatic N) is 6. The van der Waals surface area contributed by atoms with Crippen molar-refractivity contribution in [2.45, 2.75) is 52.0 Å². The Labute approximate surface area is 186 Å². The SMILES string of the molecule is CN(c1ccc(-c2cc(F)c(-c3cnnnc3)cc2O)nn1)[C@H]1C[C@]2(C)CC[C@](C)(C1)C2. The second-order valence-electron chi connectivity index (χ2n) is 10.1. The van der Waals surface area contributed by atoms with Crippen molar-refractivity contribution in [2.75, 3.05) is 11.9 Å². The molecule has 0 radical (unpaired) electrons. The molecule has 0 aliphatic heterocycles. The third-order valence-electron chi connectivity index (χ3n) is 7.37. The molecule has 2 saturated carbocycles. The Balaban J connectivity index is 1.39. The normalized spacial score (nSPS) is 26.8. The molecule has 2 bridgehead atoms. The Kier molecular flexibility index (Phi) is 4.83. The van der Waals surface area contributed by atoms with Gasteiger partial charge in [-0.1, -0.05) is 13.8 Å². The molecule has 166 valence electrons. The molecule has 3 aromatic rings. The van der Waals surface area contributed by atoms with Crippen molar-refractivity contribution in [1.82, 2.24) is 25.6 Å². The molecule has 2 heterocycles. The molecule has 7 nitrogen and oxygen atoms in total. The fourth-order valence-corrected chi connectivity index (χ4v) is 5.85. The summed E-state index contributed by atoms with van der Waals surface area (Å²) in [4.78, 5) is 2.23. The first-order chi connectivity index (χ1) is 15.3. The van der Waals surface area contributed by atoms with Crippen LogP contribution in [-0.2, 0) is 0 Å². The van der Waals surface area contributed by atoms with Gasteiger partial charge in [-0.2, -0.15) is 0 Å². The van der Waals surface area contributed by atoms with Gasteiger partial charge in [0, 0.05) is 29.8 Å². The number of aromatic nitrogens is 5. The maximum atomic E-state index is 14.8. The van der Waals surface area contributed by atoms with Crippen LogP contribution in [0.4, 0.5) is 10.2 Å². The van der Waals surface area contributed by atoms with Crippen molar-refractivity contribution in [1.29, 1.82) is 0 Å². The van der Waals surface area contributed by atoms with Gasteiger partial charge in [0.1, 0.15) is 11.6 Å². The average molecular weight is 435 g/mol. The van der Waals surface area contributed by atoms with Crippen LogP contribution in [0.1, 0.15) is 46.0 Å². The van der Waals surface area contributed by atoms with Crippen LogP contribution in [0.2, 0.25) is 0 Å². The number of hydrogen-bond donors (Lipinski definition) is 1. The van der Waals surface area contributed by atoms with E-state index in [-0.39, 0.29) is 11.3 Å². The average Bonchev–Trinajstić information content (AvgIpc) is 3.02. The van der Waals surface area contributed by atoms with Crippen LogP contribution >= 0.6 is 0 Å². The molecule has 2 aliphatic rings. The summed E-state index contributed by atoms with van der Waals surface area (Å²) < 4.78 is 14.8. The van der Waals surface area contributed by atoms with Crippen LogP contribution in [0.25, 0.3) is 22.4 Å². The van der Waals surface area contributed by atoms with E-state index >= 15 is 0 Å². The minimum atomic E-state index is -0.505. The van der Waals surface area contributed by atoms with Gasteiger partial charge < -0.3 is 10.0 Å². The zero-order valence-electron chi connectivity index (χ0n) is 18.6. The third kappa shape index (κ3) is 3.67. The monoisotopic (exact) mass is 434 g/mol. The third-order valence-corrected chi connectivity index (χ3v) is 7.37. The number of aromatic hydroxyl groups is 1. The Morgan fingerprint density at radius 2 is 1.69 bits per heavy atom. The molecule has 0 spiro atoms. The summed E-state index contributed by atoms with van der Waals surface area (Å²) in [6.45, 7) is 4.82. The van der Waals surface area contributed by atoms with Crippen LogP contribution in [0.5, 0.6) is 5.75 Å². The molecule has 5 rings (SSSR count). The van der Waals surface area contributed by atoms with Crippen molar-refractivity contribution < 1.29 is 9.50 Å². The van der Waals surface area contributed by atoms with Gasteiger partial charge in [0.2, 0.25) is 0 Å². The number of fused-ring (bicyclic) bond motifs is 2. The number of halogens is 1. The number of phenolic OH excluding ortho intramolecular Hbond substituents is 1. The van der Waals surface area contributed by atoms with Crippen molar-refractivity contribution in [3.63, 3.8) is 0 Å². The fourth-order valence-electron chi connectivity index (χ4n) is 5.85. The molecule has 2 fully saturated rings. The van der Waals surface area contributed by atoms with E-state index in [1.807, 2.05) is 6.07 Å². The summed E-state index contributed by atoms with van der Waals surface area (Å²) in [5.41, 5.74) is 2.16.